The van der Waals surface area contributed by atoms with Crippen LogP contribution in [-0.2, 0) is 14.3 Å². The van der Waals surface area contributed by atoms with Crippen molar-refractivity contribution in [2.75, 3.05) is 43.1 Å². The average Bonchev–Trinajstić information content (AvgIpc) is 2.67. The van der Waals surface area contributed by atoms with Gasteiger partial charge in [-0.05, 0) is 30.9 Å². The second-order valence-electron chi connectivity index (χ2n) is 8.58. The van der Waals surface area contributed by atoms with E-state index in [0.717, 1.165) is 25.8 Å². The van der Waals surface area contributed by atoms with Gasteiger partial charge in [0.15, 0.2) is 5.75 Å². The van der Waals surface area contributed by atoms with Crippen molar-refractivity contribution < 1.29 is 27.8 Å². The summed E-state index contributed by atoms with van der Waals surface area (Å²) in [6.07, 6.45) is 3.20. The number of amides is 2. The maximum atomic E-state index is 13.1. The maximum Gasteiger partial charge on any atom is 0.387 e. The van der Waals surface area contributed by atoms with Gasteiger partial charge in [0.05, 0.1) is 12.3 Å². The van der Waals surface area contributed by atoms with Gasteiger partial charge in [-0.3, -0.25) is 14.5 Å². The van der Waals surface area contributed by atoms with Gasteiger partial charge in [-0.15, -0.1) is 0 Å². The van der Waals surface area contributed by atoms with E-state index in [1.807, 2.05) is 0 Å². The van der Waals surface area contributed by atoms with Crippen molar-refractivity contribution in [3.63, 3.8) is 0 Å². The number of hydrogen-bond acceptors (Lipinski definition) is 6. The normalized spacial score (nSPS) is 18.2. The van der Waals surface area contributed by atoms with Crippen molar-refractivity contribution in [1.29, 1.82) is 0 Å². The Morgan fingerprint density at radius 1 is 1.38 bits per heavy atom. The Morgan fingerprint density at radius 3 is 2.69 bits per heavy atom. The number of anilines is 2. The molecule has 1 saturated heterocycles. The number of hydrogen-bond donors (Lipinski definition) is 2. The summed E-state index contributed by atoms with van der Waals surface area (Å²) in [5, 5.41) is 2.79. The molecule has 0 aromatic heterocycles. The summed E-state index contributed by atoms with van der Waals surface area (Å²) in [4.78, 5) is 28.7. The van der Waals surface area contributed by atoms with E-state index < -0.39 is 12.7 Å². The summed E-state index contributed by atoms with van der Waals surface area (Å²) in [5.41, 5.74) is 6.48. The van der Waals surface area contributed by atoms with Gasteiger partial charge in [0.25, 0.3) is 5.91 Å². The molecule has 2 aliphatic rings. The Kier molecular flexibility index (Phi) is 8.38. The number of carbonyl (C=O) groups is 2. The van der Waals surface area contributed by atoms with Gasteiger partial charge in [0, 0.05) is 37.4 Å². The molecule has 10 heteroatoms. The largest absolute Gasteiger partial charge is 0.433 e. The van der Waals surface area contributed by atoms with Gasteiger partial charge in [0.2, 0.25) is 5.91 Å². The minimum Gasteiger partial charge on any atom is -0.433 e. The smallest absolute Gasteiger partial charge is 0.387 e. The first kappa shape index (κ1) is 24.3. The fourth-order valence-corrected chi connectivity index (χ4v) is 4.07. The van der Waals surface area contributed by atoms with E-state index in [-0.39, 0.29) is 42.9 Å². The SMILES string of the molecule is CC(C)CN(C1CCC1)[C@@H](CN)C(=O)Nc1ccc(N2CCOCC2=O)c(OC(F)F)c1. The van der Waals surface area contributed by atoms with Gasteiger partial charge < -0.3 is 25.4 Å². The highest BCUT2D eigenvalue weighted by Crippen LogP contribution is 2.34. The van der Waals surface area contributed by atoms with E-state index in [2.05, 4.69) is 28.8 Å². The number of benzene rings is 1. The van der Waals surface area contributed by atoms with Crippen LogP contribution in [0.5, 0.6) is 5.75 Å². The Labute approximate surface area is 187 Å². The molecular weight excluding hydrogens is 422 g/mol. The van der Waals surface area contributed by atoms with Gasteiger partial charge in [-0.25, -0.2) is 0 Å². The third kappa shape index (κ3) is 5.93. The lowest BCUT2D eigenvalue weighted by atomic mass is 9.89. The lowest BCUT2D eigenvalue weighted by molar-refractivity contribution is -0.126. The van der Waals surface area contributed by atoms with E-state index in [4.69, 9.17) is 10.5 Å². The van der Waals surface area contributed by atoms with Crippen molar-refractivity contribution in [1.82, 2.24) is 4.90 Å². The molecule has 0 unspecified atom stereocenters. The lowest BCUT2D eigenvalue weighted by Crippen LogP contribution is -2.55. The zero-order valence-electron chi connectivity index (χ0n) is 18.6. The van der Waals surface area contributed by atoms with Crippen molar-refractivity contribution in [2.45, 2.75) is 51.8 Å². The van der Waals surface area contributed by atoms with Gasteiger partial charge >= 0.3 is 6.61 Å². The van der Waals surface area contributed by atoms with Gasteiger partial charge in [0.1, 0.15) is 12.6 Å². The van der Waals surface area contributed by atoms with E-state index >= 15 is 0 Å². The first-order valence-electron chi connectivity index (χ1n) is 11.0. The molecule has 1 heterocycles. The Morgan fingerprint density at radius 2 is 2.12 bits per heavy atom. The number of morpholine rings is 1. The lowest BCUT2D eigenvalue weighted by Gasteiger charge is -2.42. The van der Waals surface area contributed by atoms with Crippen LogP contribution in [0.3, 0.4) is 0 Å². The molecule has 3 rings (SSSR count). The van der Waals surface area contributed by atoms with Crippen LogP contribution >= 0.6 is 0 Å². The van der Waals surface area contributed by atoms with Crippen molar-refractivity contribution in [3.05, 3.63) is 18.2 Å². The molecule has 178 valence electrons. The Bertz CT molecular complexity index is 804. The summed E-state index contributed by atoms with van der Waals surface area (Å²) in [7, 11) is 0. The van der Waals surface area contributed by atoms with Crippen LogP contribution in [0.25, 0.3) is 0 Å². The molecule has 0 bridgehead atoms. The molecule has 1 atom stereocenters. The standard InChI is InChI=1S/C22H32F2N4O4/c1-14(2)12-28(16-4-3-5-16)18(11-25)21(30)26-15-6-7-17(19(10-15)32-22(23)24)27-8-9-31-13-20(27)29/h6-7,10,14,16,18,22H,3-5,8-9,11-13,25H2,1-2H3,(H,26,30)/t18-/m0/s1. The fraction of sp³-hybridized carbons (Fsp3) is 0.636. The third-order valence-electron chi connectivity index (χ3n) is 5.77. The second-order valence-corrected chi connectivity index (χ2v) is 8.58. The van der Waals surface area contributed by atoms with Crippen LogP contribution in [0.2, 0.25) is 0 Å². The number of ether oxygens (including phenoxy) is 2. The van der Waals surface area contributed by atoms with E-state index in [1.165, 1.54) is 17.0 Å². The summed E-state index contributed by atoms with van der Waals surface area (Å²) in [6, 6.07) is 4.17. The Balaban J connectivity index is 1.80. The van der Waals surface area contributed by atoms with Crippen LogP contribution in [0, 0.1) is 5.92 Å². The average molecular weight is 455 g/mol. The minimum atomic E-state index is -3.08. The quantitative estimate of drug-likeness (QED) is 0.564. The van der Waals surface area contributed by atoms with Gasteiger partial charge in [-0.1, -0.05) is 20.3 Å². The molecule has 0 radical (unpaired) electrons. The van der Waals surface area contributed by atoms with Crippen LogP contribution in [0.1, 0.15) is 33.1 Å². The molecule has 2 fully saturated rings. The highest BCUT2D eigenvalue weighted by molar-refractivity contribution is 5.98. The molecule has 0 spiro atoms. The molecule has 3 N–H and O–H groups in total. The number of alkyl halides is 2. The molecule has 32 heavy (non-hydrogen) atoms. The fourth-order valence-electron chi connectivity index (χ4n) is 4.07. The zero-order chi connectivity index (χ0) is 23.3. The number of nitrogens with zero attached hydrogens (tertiary/aromatic N) is 2. The molecular formula is C22H32F2N4O4. The summed E-state index contributed by atoms with van der Waals surface area (Å²) in [6.45, 7) is 2.40. The molecule has 1 saturated carbocycles. The van der Waals surface area contributed by atoms with E-state index in [9.17, 15) is 18.4 Å². The summed E-state index contributed by atoms with van der Waals surface area (Å²) < 4.78 is 35.9. The van der Waals surface area contributed by atoms with Crippen molar-refractivity contribution in [2.24, 2.45) is 11.7 Å². The Hall–Kier alpha value is -2.30. The first-order valence-corrected chi connectivity index (χ1v) is 11.0. The number of carbonyl (C=O) groups excluding carboxylic acids is 2. The third-order valence-corrected chi connectivity index (χ3v) is 5.77. The molecule has 1 aromatic carbocycles. The maximum absolute atomic E-state index is 13.1. The summed E-state index contributed by atoms with van der Waals surface area (Å²) >= 11 is 0. The molecule has 1 aromatic rings. The zero-order valence-corrected chi connectivity index (χ0v) is 18.6. The number of rotatable bonds is 10. The van der Waals surface area contributed by atoms with Crippen LogP contribution in [-0.4, -0.2) is 68.3 Å². The molecule has 1 aliphatic heterocycles. The highest BCUT2D eigenvalue weighted by atomic mass is 19.3. The first-order chi connectivity index (χ1) is 15.3. The van der Waals surface area contributed by atoms with E-state index in [1.54, 1.807) is 6.07 Å². The number of halogens is 2. The highest BCUT2D eigenvalue weighted by Gasteiger charge is 2.34. The predicted molar refractivity (Wildman–Crippen MR) is 117 cm³/mol. The van der Waals surface area contributed by atoms with Crippen LogP contribution in [0.4, 0.5) is 20.2 Å². The summed E-state index contributed by atoms with van der Waals surface area (Å²) in [5.74, 6) is -0.456. The number of nitrogens with one attached hydrogen (secondary N) is 1. The molecule has 8 nitrogen and oxygen atoms in total. The molecule has 1 aliphatic carbocycles. The predicted octanol–water partition coefficient (Wildman–Crippen LogP) is 2.43. The second kappa shape index (κ2) is 11.0. The minimum absolute atomic E-state index is 0.127. The molecule has 2 amide bonds. The topological polar surface area (TPSA) is 97.1 Å². The van der Waals surface area contributed by atoms with Crippen LogP contribution in [0.15, 0.2) is 18.2 Å². The van der Waals surface area contributed by atoms with Gasteiger partial charge in [-0.2, -0.15) is 8.78 Å². The van der Waals surface area contributed by atoms with E-state index in [0.29, 0.717) is 24.3 Å². The number of nitrogens with two attached hydrogens (primary N) is 1. The monoisotopic (exact) mass is 454 g/mol. The van der Waals surface area contributed by atoms with Crippen LogP contribution < -0.4 is 20.7 Å². The van der Waals surface area contributed by atoms with Crippen molar-refractivity contribution >= 4 is 23.2 Å². The van der Waals surface area contributed by atoms with Crippen molar-refractivity contribution in [3.8, 4) is 5.75 Å².